The van der Waals surface area contributed by atoms with Crippen molar-refractivity contribution in [2.24, 2.45) is 0 Å². The Balaban J connectivity index is 0.00000280. The van der Waals surface area contributed by atoms with E-state index in [0.29, 0.717) is 17.3 Å². The molecule has 1 fully saturated rings. The predicted octanol–water partition coefficient (Wildman–Crippen LogP) is 2.80. The molecule has 2 unspecified atom stereocenters. The maximum absolute atomic E-state index is 12.9. The maximum Gasteiger partial charge on any atom is 0.264 e. The third kappa shape index (κ3) is 5.04. The van der Waals surface area contributed by atoms with Crippen LogP contribution in [0.3, 0.4) is 0 Å². The molecule has 3 rings (SSSR count). The van der Waals surface area contributed by atoms with Gasteiger partial charge in [-0.25, -0.2) is 8.42 Å². The first kappa shape index (κ1) is 22.2. The number of hydrogen-bond donors (Lipinski definition) is 2. The third-order valence-corrected chi connectivity index (χ3v) is 6.61. The summed E-state index contributed by atoms with van der Waals surface area (Å²) in [6, 6.07) is 15.5. The van der Waals surface area contributed by atoms with Gasteiger partial charge >= 0.3 is 0 Å². The Hall–Kier alpha value is -2.09. The van der Waals surface area contributed by atoms with E-state index in [0.717, 1.165) is 19.4 Å². The summed E-state index contributed by atoms with van der Waals surface area (Å²) in [5.74, 6) is -0.242. The molecule has 1 saturated heterocycles. The van der Waals surface area contributed by atoms with E-state index >= 15 is 0 Å². The van der Waals surface area contributed by atoms with Crippen molar-refractivity contribution >= 4 is 34.0 Å². The highest BCUT2D eigenvalue weighted by Gasteiger charge is 2.24. The van der Waals surface area contributed by atoms with E-state index in [1.54, 1.807) is 36.4 Å². The van der Waals surface area contributed by atoms with Crippen LogP contribution in [0.5, 0.6) is 0 Å². The molecule has 8 heteroatoms. The van der Waals surface area contributed by atoms with Gasteiger partial charge in [-0.1, -0.05) is 24.3 Å². The van der Waals surface area contributed by atoms with Crippen LogP contribution < -0.4 is 14.9 Å². The van der Waals surface area contributed by atoms with Crippen molar-refractivity contribution in [1.29, 1.82) is 0 Å². The SMILES string of the molecule is CC1CC(NC(=O)c2cccc(S(=O)(=O)N(C)c3ccccc3)c2)CCN1.Cl. The number of amides is 1. The van der Waals surface area contributed by atoms with E-state index in [-0.39, 0.29) is 29.3 Å². The van der Waals surface area contributed by atoms with E-state index in [1.165, 1.54) is 23.5 Å². The van der Waals surface area contributed by atoms with E-state index in [1.807, 2.05) is 6.07 Å². The predicted molar refractivity (Wildman–Crippen MR) is 114 cm³/mol. The van der Waals surface area contributed by atoms with Crippen molar-refractivity contribution in [2.45, 2.75) is 36.7 Å². The zero-order valence-electron chi connectivity index (χ0n) is 16.0. The smallest absolute Gasteiger partial charge is 0.264 e. The van der Waals surface area contributed by atoms with Gasteiger partial charge in [-0.3, -0.25) is 9.10 Å². The standard InChI is InChI=1S/C20H25N3O3S.ClH/c1-15-13-17(11-12-21-15)22-20(24)16-7-6-10-19(14-16)27(25,26)23(2)18-8-4-3-5-9-18;/h3-10,14-15,17,21H,11-13H2,1-2H3,(H,22,24);1H. The Morgan fingerprint density at radius 1 is 1.14 bits per heavy atom. The molecule has 1 aliphatic rings. The van der Waals surface area contributed by atoms with Gasteiger partial charge in [0.05, 0.1) is 10.6 Å². The molecule has 2 aromatic carbocycles. The Bertz CT molecular complexity index is 906. The van der Waals surface area contributed by atoms with E-state index < -0.39 is 10.0 Å². The molecule has 1 heterocycles. The van der Waals surface area contributed by atoms with Gasteiger partial charge in [0, 0.05) is 24.7 Å². The van der Waals surface area contributed by atoms with E-state index in [4.69, 9.17) is 0 Å². The van der Waals surface area contributed by atoms with Crippen LogP contribution in [0.25, 0.3) is 0 Å². The van der Waals surface area contributed by atoms with Gasteiger partial charge in [0.15, 0.2) is 0 Å². The molecular formula is C20H26ClN3O3S. The topological polar surface area (TPSA) is 78.5 Å². The molecule has 2 aromatic rings. The van der Waals surface area contributed by atoms with Crippen molar-refractivity contribution in [3.05, 3.63) is 60.2 Å². The van der Waals surface area contributed by atoms with Gasteiger partial charge in [0.2, 0.25) is 0 Å². The van der Waals surface area contributed by atoms with Gasteiger partial charge in [0.1, 0.15) is 0 Å². The van der Waals surface area contributed by atoms with Gasteiger partial charge in [-0.05, 0) is 56.6 Å². The third-order valence-electron chi connectivity index (χ3n) is 4.83. The first-order chi connectivity index (χ1) is 12.9. The molecule has 0 spiro atoms. The van der Waals surface area contributed by atoms with Crippen LogP contribution in [0.4, 0.5) is 5.69 Å². The number of sulfonamides is 1. The summed E-state index contributed by atoms with van der Waals surface area (Å²) in [7, 11) is -2.24. The van der Waals surface area contributed by atoms with Crippen LogP contribution in [-0.2, 0) is 10.0 Å². The van der Waals surface area contributed by atoms with E-state index in [2.05, 4.69) is 17.6 Å². The number of benzene rings is 2. The molecule has 0 bridgehead atoms. The molecule has 1 aliphatic heterocycles. The van der Waals surface area contributed by atoms with Crippen LogP contribution in [0.2, 0.25) is 0 Å². The summed E-state index contributed by atoms with van der Waals surface area (Å²) in [5, 5.41) is 6.36. The lowest BCUT2D eigenvalue weighted by Gasteiger charge is -2.28. The molecule has 2 atom stereocenters. The lowest BCUT2D eigenvalue weighted by atomic mass is 10.0. The minimum atomic E-state index is -3.75. The number of carbonyl (C=O) groups is 1. The number of piperidine rings is 1. The second-order valence-electron chi connectivity index (χ2n) is 6.89. The molecule has 0 radical (unpaired) electrons. The lowest BCUT2D eigenvalue weighted by Crippen LogP contribution is -2.46. The Morgan fingerprint density at radius 3 is 2.54 bits per heavy atom. The highest BCUT2D eigenvalue weighted by atomic mass is 35.5. The van der Waals surface area contributed by atoms with Crippen molar-refractivity contribution in [2.75, 3.05) is 17.9 Å². The highest BCUT2D eigenvalue weighted by molar-refractivity contribution is 7.92. The highest BCUT2D eigenvalue weighted by Crippen LogP contribution is 2.22. The summed E-state index contributed by atoms with van der Waals surface area (Å²) < 4.78 is 27.1. The summed E-state index contributed by atoms with van der Waals surface area (Å²) in [5.41, 5.74) is 0.916. The lowest BCUT2D eigenvalue weighted by molar-refractivity contribution is 0.0925. The number of nitrogens with zero attached hydrogens (tertiary/aromatic N) is 1. The van der Waals surface area contributed by atoms with Crippen molar-refractivity contribution < 1.29 is 13.2 Å². The van der Waals surface area contributed by atoms with E-state index in [9.17, 15) is 13.2 Å². The number of nitrogens with one attached hydrogen (secondary N) is 2. The molecule has 152 valence electrons. The normalized spacial score (nSPS) is 19.4. The number of para-hydroxylation sites is 1. The molecule has 28 heavy (non-hydrogen) atoms. The molecule has 6 nitrogen and oxygen atoms in total. The molecule has 0 saturated carbocycles. The summed E-state index contributed by atoms with van der Waals surface area (Å²) in [6.07, 6.45) is 1.73. The molecule has 1 amide bonds. The summed E-state index contributed by atoms with van der Waals surface area (Å²) in [4.78, 5) is 12.7. The quantitative estimate of drug-likeness (QED) is 0.775. The number of halogens is 1. The van der Waals surface area contributed by atoms with Gasteiger partial charge < -0.3 is 10.6 Å². The average Bonchev–Trinajstić information content (AvgIpc) is 2.68. The first-order valence-electron chi connectivity index (χ1n) is 9.06. The second-order valence-corrected chi connectivity index (χ2v) is 8.86. The Labute approximate surface area is 172 Å². The second kappa shape index (κ2) is 9.41. The number of rotatable bonds is 5. The molecular weight excluding hydrogens is 398 g/mol. The van der Waals surface area contributed by atoms with Gasteiger partial charge in [-0.15, -0.1) is 12.4 Å². The maximum atomic E-state index is 12.9. The van der Waals surface area contributed by atoms with Crippen LogP contribution in [0.1, 0.15) is 30.1 Å². The Kier molecular flexibility index (Phi) is 7.46. The number of carbonyl (C=O) groups excluding carboxylic acids is 1. The Morgan fingerprint density at radius 2 is 1.86 bits per heavy atom. The zero-order chi connectivity index (χ0) is 19.4. The van der Waals surface area contributed by atoms with Crippen molar-refractivity contribution in [3.8, 4) is 0 Å². The molecule has 2 N–H and O–H groups in total. The average molecular weight is 424 g/mol. The summed E-state index contributed by atoms with van der Waals surface area (Å²) >= 11 is 0. The fraction of sp³-hybridized carbons (Fsp3) is 0.350. The van der Waals surface area contributed by atoms with Gasteiger partial charge in [0.25, 0.3) is 15.9 Å². The minimum absolute atomic E-state index is 0. The monoisotopic (exact) mass is 423 g/mol. The molecule has 0 aromatic heterocycles. The van der Waals surface area contributed by atoms with Crippen LogP contribution in [0, 0.1) is 0 Å². The fourth-order valence-corrected chi connectivity index (χ4v) is 4.51. The van der Waals surface area contributed by atoms with Crippen LogP contribution in [0.15, 0.2) is 59.5 Å². The van der Waals surface area contributed by atoms with Crippen molar-refractivity contribution in [3.63, 3.8) is 0 Å². The number of hydrogen-bond acceptors (Lipinski definition) is 4. The largest absolute Gasteiger partial charge is 0.349 e. The zero-order valence-corrected chi connectivity index (χ0v) is 17.6. The van der Waals surface area contributed by atoms with Crippen molar-refractivity contribution in [1.82, 2.24) is 10.6 Å². The first-order valence-corrected chi connectivity index (χ1v) is 10.5. The van der Waals surface area contributed by atoms with Crippen LogP contribution in [-0.4, -0.2) is 40.0 Å². The minimum Gasteiger partial charge on any atom is -0.349 e. The van der Waals surface area contributed by atoms with Gasteiger partial charge in [-0.2, -0.15) is 0 Å². The van der Waals surface area contributed by atoms with Crippen LogP contribution >= 0.6 is 12.4 Å². The number of anilines is 1. The summed E-state index contributed by atoms with van der Waals surface area (Å²) in [6.45, 7) is 2.95. The fourth-order valence-electron chi connectivity index (χ4n) is 3.26. The molecule has 0 aliphatic carbocycles.